The highest BCUT2D eigenvalue weighted by molar-refractivity contribution is 7.16. The molecule has 0 aliphatic carbocycles. The van der Waals surface area contributed by atoms with E-state index in [1.54, 1.807) is 0 Å². The van der Waals surface area contributed by atoms with Crippen LogP contribution in [0.5, 0.6) is 0 Å². The van der Waals surface area contributed by atoms with Crippen molar-refractivity contribution < 1.29 is 23.1 Å². The van der Waals surface area contributed by atoms with Crippen LogP contribution in [0.3, 0.4) is 0 Å². The van der Waals surface area contributed by atoms with Gasteiger partial charge in [-0.05, 0) is 31.0 Å². The summed E-state index contributed by atoms with van der Waals surface area (Å²) in [6.45, 7) is 3.53. The maximum absolute atomic E-state index is 14.3. The van der Waals surface area contributed by atoms with Crippen molar-refractivity contribution in [1.29, 1.82) is 0 Å². The normalized spacial score (nSPS) is 11.8. The number of methoxy groups -OCH3 is 1. The molecule has 0 aliphatic rings. The summed E-state index contributed by atoms with van der Waals surface area (Å²) in [5.41, 5.74) is 2.89. The topological polar surface area (TPSA) is 60.7 Å². The van der Waals surface area contributed by atoms with E-state index >= 15 is 0 Å². The smallest absolute Gasteiger partial charge is 0.325 e. The predicted molar refractivity (Wildman–Crippen MR) is 102 cm³/mol. The molecule has 0 unspecified atom stereocenters. The number of halogens is 2. The van der Waals surface area contributed by atoms with Crippen LogP contribution >= 0.6 is 11.3 Å². The van der Waals surface area contributed by atoms with Gasteiger partial charge in [0.2, 0.25) is 0 Å². The van der Waals surface area contributed by atoms with E-state index in [4.69, 9.17) is 0 Å². The van der Waals surface area contributed by atoms with Crippen molar-refractivity contribution in [1.82, 2.24) is 4.57 Å². The molecule has 5 nitrogen and oxygen atoms in total. The monoisotopic (exact) mass is 404 g/mol. The molecule has 2 aromatic carbocycles. The average Bonchev–Trinajstić information content (AvgIpc) is 2.94. The third-order valence-electron chi connectivity index (χ3n) is 4.27. The molecule has 8 heteroatoms. The van der Waals surface area contributed by atoms with E-state index in [1.165, 1.54) is 11.7 Å². The van der Waals surface area contributed by atoms with Crippen LogP contribution in [0.2, 0.25) is 0 Å². The summed E-state index contributed by atoms with van der Waals surface area (Å²) in [5.74, 6) is -2.66. The van der Waals surface area contributed by atoms with Crippen molar-refractivity contribution in [2.24, 2.45) is 4.99 Å². The minimum Gasteiger partial charge on any atom is -0.468 e. The fourth-order valence-corrected chi connectivity index (χ4v) is 3.99. The Balaban J connectivity index is 2.07. The molecule has 0 spiro atoms. The van der Waals surface area contributed by atoms with Gasteiger partial charge in [0.15, 0.2) is 10.6 Å². The Morgan fingerprint density at radius 1 is 1.18 bits per heavy atom. The number of ether oxygens (including phenoxy) is 1. The highest BCUT2D eigenvalue weighted by atomic mass is 32.1. The first kappa shape index (κ1) is 19.9. The Bertz CT molecular complexity index is 1150. The van der Waals surface area contributed by atoms with Gasteiger partial charge in [-0.15, -0.1) is 0 Å². The fourth-order valence-electron chi connectivity index (χ4n) is 2.91. The zero-order valence-electron chi connectivity index (χ0n) is 15.6. The lowest BCUT2D eigenvalue weighted by atomic mass is 10.0. The number of thiazole rings is 1. The van der Waals surface area contributed by atoms with Crippen LogP contribution < -0.4 is 4.80 Å². The van der Waals surface area contributed by atoms with E-state index in [-0.39, 0.29) is 28.0 Å². The number of hydrogen-bond acceptors (Lipinski definition) is 4. The summed E-state index contributed by atoms with van der Waals surface area (Å²) in [6.07, 6.45) is 0.0649. The third kappa shape index (κ3) is 4.17. The van der Waals surface area contributed by atoms with Crippen LogP contribution in [0, 0.1) is 25.5 Å². The van der Waals surface area contributed by atoms with Gasteiger partial charge < -0.3 is 9.30 Å². The summed E-state index contributed by atoms with van der Waals surface area (Å²) in [4.78, 5) is 28.4. The van der Waals surface area contributed by atoms with Gasteiger partial charge >= 0.3 is 5.97 Å². The highest BCUT2D eigenvalue weighted by Gasteiger charge is 2.16. The summed E-state index contributed by atoms with van der Waals surface area (Å²) in [7, 11) is 1.20. The van der Waals surface area contributed by atoms with Gasteiger partial charge in [0.25, 0.3) is 5.91 Å². The number of esters is 1. The van der Waals surface area contributed by atoms with Crippen molar-refractivity contribution in [2.75, 3.05) is 7.11 Å². The van der Waals surface area contributed by atoms with Gasteiger partial charge in [0.05, 0.1) is 23.7 Å². The molecule has 28 heavy (non-hydrogen) atoms. The molecule has 0 bridgehead atoms. The molecule has 3 aromatic rings. The quantitative estimate of drug-likeness (QED) is 0.626. The maximum Gasteiger partial charge on any atom is 0.325 e. The van der Waals surface area contributed by atoms with E-state index in [0.717, 1.165) is 40.2 Å². The van der Waals surface area contributed by atoms with E-state index < -0.39 is 23.5 Å². The number of hydrogen-bond donors (Lipinski definition) is 0. The lowest BCUT2D eigenvalue weighted by molar-refractivity contribution is -0.141. The van der Waals surface area contributed by atoms with Crippen LogP contribution in [0.1, 0.15) is 16.7 Å². The molecule has 1 heterocycles. The summed E-state index contributed by atoms with van der Waals surface area (Å²) in [5, 5.41) is 0. The maximum atomic E-state index is 14.3. The number of fused-ring (bicyclic) bond motifs is 1. The Kier molecular flexibility index (Phi) is 5.69. The number of carbonyl (C=O) groups excluding carboxylic acids is 2. The predicted octanol–water partition coefficient (Wildman–Crippen LogP) is 3.44. The molecule has 0 atom stereocenters. The van der Waals surface area contributed by atoms with Crippen molar-refractivity contribution in [2.45, 2.75) is 26.8 Å². The lowest BCUT2D eigenvalue weighted by Gasteiger charge is -2.05. The Hall–Kier alpha value is -2.87. The number of amides is 1. The lowest BCUT2D eigenvalue weighted by Crippen LogP contribution is -2.23. The zero-order valence-corrected chi connectivity index (χ0v) is 16.4. The minimum absolute atomic E-state index is 0.00914. The SMILES string of the molecule is COC(=O)Cn1c(=NC(=O)Cc2ccc(C)cc2C)sc2cc(F)cc(F)c21. The number of benzene rings is 2. The molecule has 146 valence electrons. The van der Waals surface area contributed by atoms with E-state index in [9.17, 15) is 18.4 Å². The zero-order chi connectivity index (χ0) is 20.4. The minimum atomic E-state index is -0.835. The largest absolute Gasteiger partial charge is 0.468 e. The van der Waals surface area contributed by atoms with Crippen LogP contribution in [0.25, 0.3) is 10.2 Å². The first-order valence-electron chi connectivity index (χ1n) is 8.47. The summed E-state index contributed by atoms with van der Waals surface area (Å²) >= 11 is 0.938. The van der Waals surface area contributed by atoms with Crippen molar-refractivity contribution >= 4 is 33.4 Å². The van der Waals surface area contributed by atoms with Gasteiger partial charge in [-0.2, -0.15) is 4.99 Å². The third-order valence-corrected chi connectivity index (χ3v) is 5.30. The van der Waals surface area contributed by atoms with E-state index in [0.29, 0.717) is 0 Å². The molecule has 0 saturated heterocycles. The Morgan fingerprint density at radius 2 is 1.93 bits per heavy atom. The van der Waals surface area contributed by atoms with Crippen LogP contribution in [0.4, 0.5) is 8.78 Å². The van der Waals surface area contributed by atoms with Crippen LogP contribution in [-0.2, 0) is 27.3 Å². The highest BCUT2D eigenvalue weighted by Crippen LogP contribution is 2.22. The van der Waals surface area contributed by atoms with Crippen molar-refractivity contribution in [3.63, 3.8) is 0 Å². The first-order valence-corrected chi connectivity index (χ1v) is 9.29. The summed E-state index contributed by atoms with van der Waals surface area (Å²) < 4.78 is 34.0. The second-order valence-corrected chi connectivity index (χ2v) is 7.40. The van der Waals surface area contributed by atoms with Crippen molar-refractivity contribution in [3.8, 4) is 0 Å². The second kappa shape index (κ2) is 8.02. The second-order valence-electron chi connectivity index (χ2n) is 6.39. The number of rotatable bonds is 4. The molecule has 0 aliphatic heterocycles. The number of carbonyl (C=O) groups is 2. The molecule has 1 amide bonds. The van der Waals surface area contributed by atoms with Gasteiger partial charge in [0.1, 0.15) is 12.4 Å². The van der Waals surface area contributed by atoms with Crippen LogP contribution in [0.15, 0.2) is 35.3 Å². The molecule has 0 radical (unpaired) electrons. The first-order chi connectivity index (χ1) is 13.3. The number of aromatic nitrogens is 1. The summed E-state index contributed by atoms with van der Waals surface area (Å²) in [6, 6.07) is 7.61. The number of nitrogens with zero attached hydrogens (tertiary/aromatic N) is 2. The van der Waals surface area contributed by atoms with E-state index in [2.05, 4.69) is 9.73 Å². The van der Waals surface area contributed by atoms with Gasteiger partial charge in [-0.3, -0.25) is 9.59 Å². The van der Waals surface area contributed by atoms with Gasteiger partial charge in [-0.1, -0.05) is 35.1 Å². The molecular weight excluding hydrogens is 386 g/mol. The Labute approximate surface area is 163 Å². The van der Waals surface area contributed by atoms with Gasteiger partial charge in [-0.25, -0.2) is 8.78 Å². The molecule has 3 rings (SSSR count). The molecule has 0 N–H and O–H groups in total. The van der Waals surface area contributed by atoms with Crippen LogP contribution in [-0.4, -0.2) is 23.6 Å². The van der Waals surface area contributed by atoms with E-state index in [1.807, 2.05) is 32.0 Å². The standard InChI is InChI=1S/C20H18F2N2O3S/c1-11-4-5-13(12(2)6-11)7-17(25)23-20-24(10-18(26)27-3)19-15(22)8-14(21)9-16(19)28-20/h4-6,8-9H,7,10H2,1-3H3. The van der Waals surface area contributed by atoms with Crippen molar-refractivity contribution in [3.05, 3.63) is 63.5 Å². The molecule has 0 saturated carbocycles. The molecule has 1 aromatic heterocycles. The average molecular weight is 404 g/mol. The van der Waals surface area contributed by atoms with Gasteiger partial charge in [0, 0.05) is 6.07 Å². The molecular formula is C20H18F2N2O3S. The number of aryl methyl sites for hydroxylation is 2. The fraction of sp³-hybridized carbons (Fsp3) is 0.250. The molecule has 0 fully saturated rings. The Morgan fingerprint density at radius 3 is 2.61 bits per heavy atom.